The molecule has 1 aromatic rings. The molecule has 0 aromatic heterocycles. The Hall–Kier alpha value is -0.930. The van der Waals surface area contributed by atoms with Gasteiger partial charge in [0.05, 0.1) is 5.02 Å². The first kappa shape index (κ1) is 12.1. The Morgan fingerprint density at radius 1 is 1.39 bits per heavy atom. The largest absolute Gasteiger partial charge is 0.506 e. The molecule has 2 aliphatic rings. The number of hydrogen-bond acceptors (Lipinski definition) is 3. The molecule has 0 spiro atoms. The first-order chi connectivity index (χ1) is 8.63. The number of phenolic OH excluding ortho intramolecular Hbond substituents is 1. The first-order valence-electron chi connectivity index (χ1n) is 6.64. The average molecular weight is 267 g/mol. The minimum atomic E-state index is 0.140. The number of phenols is 1. The number of nitrogens with one attached hydrogen (secondary N) is 1. The molecule has 2 fully saturated rings. The number of hydrogen-bond donors (Lipinski definition) is 2. The van der Waals surface area contributed by atoms with Gasteiger partial charge in [0.2, 0.25) is 0 Å². The van der Waals surface area contributed by atoms with E-state index in [1.165, 1.54) is 19.3 Å². The van der Waals surface area contributed by atoms with Crippen molar-refractivity contribution in [2.45, 2.75) is 44.3 Å². The molecule has 4 heteroatoms. The second-order valence-corrected chi connectivity index (χ2v) is 5.93. The van der Waals surface area contributed by atoms with E-state index in [-0.39, 0.29) is 5.75 Å². The number of halogens is 1. The second kappa shape index (κ2) is 4.63. The van der Waals surface area contributed by atoms with Crippen LogP contribution in [0, 0.1) is 0 Å². The van der Waals surface area contributed by atoms with Crippen LogP contribution in [0.3, 0.4) is 0 Å². The van der Waals surface area contributed by atoms with Gasteiger partial charge in [-0.1, -0.05) is 11.6 Å². The maximum Gasteiger partial charge on any atom is 0.134 e. The summed E-state index contributed by atoms with van der Waals surface area (Å²) in [4.78, 5) is 2.61. The van der Waals surface area contributed by atoms with E-state index in [1.54, 1.807) is 12.1 Å². The molecule has 1 saturated carbocycles. The van der Waals surface area contributed by atoms with Crippen LogP contribution in [0.2, 0.25) is 5.02 Å². The standard InChI is InChI=1S/C14H19ClN2O/c1-9-6-11(8-17(9)12-3-4-12)16-10-2-5-14(18)13(15)7-10/h2,5,7,9,11-12,16,18H,3-4,6,8H2,1H3. The smallest absolute Gasteiger partial charge is 0.134 e. The SMILES string of the molecule is CC1CC(Nc2ccc(O)c(Cl)c2)CN1C1CC1. The normalized spacial score (nSPS) is 28.6. The predicted octanol–water partition coefficient (Wildman–Crippen LogP) is 3.08. The molecule has 1 saturated heterocycles. The summed E-state index contributed by atoms with van der Waals surface area (Å²) in [5.74, 6) is 0.140. The Morgan fingerprint density at radius 2 is 2.17 bits per heavy atom. The fourth-order valence-corrected chi connectivity index (χ4v) is 3.09. The molecular weight excluding hydrogens is 248 g/mol. The fraction of sp³-hybridized carbons (Fsp3) is 0.571. The van der Waals surface area contributed by atoms with Crippen molar-refractivity contribution in [1.29, 1.82) is 0 Å². The zero-order valence-electron chi connectivity index (χ0n) is 10.6. The Labute approximate surface area is 113 Å². The Morgan fingerprint density at radius 3 is 2.83 bits per heavy atom. The number of likely N-dealkylation sites (tertiary alicyclic amines) is 1. The summed E-state index contributed by atoms with van der Waals surface area (Å²) in [5.41, 5.74) is 0.993. The van der Waals surface area contributed by atoms with Gasteiger partial charge in [-0.3, -0.25) is 4.90 Å². The topological polar surface area (TPSA) is 35.5 Å². The summed E-state index contributed by atoms with van der Waals surface area (Å²) >= 11 is 5.92. The summed E-state index contributed by atoms with van der Waals surface area (Å²) < 4.78 is 0. The van der Waals surface area contributed by atoms with Crippen molar-refractivity contribution in [2.75, 3.05) is 11.9 Å². The Bertz CT molecular complexity index is 447. The minimum absolute atomic E-state index is 0.140. The van der Waals surface area contributed by atoms with Gasteiger partial charge in [0.25, 0.3) is 0 Å². The van der Waals surface area contributed by atoms with Crippen molar-refractivity contribution in [2.24, 2.45) is 0 Å². The third kappa shape index (κ3) is 2.43. The minimum Gasteiger partial charge on any atom is -0.506 e. The van der Waals surface area contributed by atoms with Gasteiger partial charge in [-0.2, -0.15) is 0 Å². The van der Waals surface area contributed by atoms with Crippen molar-refractivity contribution in [3.63, 3.8) is 0 Å². The van der Waals surface area contributed by atoms with Crippen LogP contribution in [0.25, 0.3) is 0 Å². The van der Waals surface area contributed by atoms with E-state index in [0.29, 0.717) is 17.1 Å². The molecule has 1 heterocycles. The third-order valence-corrected chi connectivity index (χ3v) is 4.26. The van der Waals surface area contributed by atoms with Crippen LogP contribution < -0.4 is 5.32 Å². The molecule has 0 amide bonds. The van der Waals surface area contributed by atoms with E-state index in [2.05, 4.69) is 17.1 Å². The fourth-order valence-electron chi connectivity index (χ4n) is 2.91. The van der Waals surface area contributed by atoms with Crippen LogP contribution in [-0.4, -0.2) is 34.7 Å². The van der Waals surface area contributed by atoms with Crippen LogP contribution in [0.1, 0.15) is 26.2 Å². The van der Waals surface area contributed by atoms with E-state index in [4.69, 9.17) is 11.6 Å². The summed E-state index contributed by atoms with van der Waals surface area (Å²) in [6.45, 7) is 3.42. The van der Waals surface area contributed by atoms with E-state index in [1.807, 2.05) is 6.07 Å². The highest BCUT2D eigenvalue weighted by Crippen LogP contribution is 2.34. The molecular formula is C14H19ClN2O. The van der Waals surface area contributed by atoms with Crippen molar-refractivity contribution >= 4 is 17.3 Å². The Kier molecular flexibility index (Phi) is 3.12. The van der Waals surface area contributed by atoms with Crippen LogP contribution in [0.4, 0.5) is 5.69 Å². The molecule has 2 unspecified atom stereocenters. The molecule has 1 aromatic carbocycles. The van der Waals surface area contributed by atoms with Gasteiger partial charge in [0.1, 0.15) is 5.75 Å². The molecule has 0 radical (unpaired) electrons. The van der Waals surface area contributed by atoms with Gasteiger partial charge in [0, 0.05) is 30.4 Å². The van der Waals surface area contributed by atoms with Gasteiger partial charge in [-0.15, -0.1) is 0 Å². The molecule has 18 heavy (non-hydrogen) atoms. The highest BCUT2D eigenvalue weighted by molar-refractivity contribution is 6.32. The quantitative estimate of drug-likeness (QED) is 0.826. The molecule has 1 aliphatic carbocycles. The predicted molar refractivity (Wildman–Crippen MR) is 74.3 cm³/mol. The van der Waals surface area contributed by atoms with E-state index in [0.717, 1.165) is 18.3 Å². The number of aromatic hydroxyl groups is 1. The van der Waals surface area contributed by atoms with Crippen molar-refractivity contribution in [3.8, 4) is 5.75 Å². The van der Waals surface area contributed by atoms with Gasteiger partial charge in [-0.25, -0.2) is 0 Å². The van der Waals surface area contributed by atoms with Crippen LogP contribution in [0.5, 0.6) is 5.75 Å². The lowest BCUT2D eigenvalue weighted by Gasteiger charge is -2.20. The maximum absolute atomic E-state index is 9.40. The molecule has 98 valence electrons. The molecule has 0 bridgehead atoms. The van der Waals surface area contributed by atoms with Crippen LogP contribution in [0.15, 0.2) is 18.2 Å². The van der Waals surface area contributed by atoms with Crippen molar-refractivity contribution in [3.05, 3.63) is 23.2 Å². The van der Waals surface area contributed by atoms with Crippen molar-refractivity contribution < 1.29 is 5.11 Å². The monoisotopic (exact) mass is 266 g/mol. The van der Waals surface area contributed by atoms with E-state index < -0.39 is 0 Å². The highest BCUT2D eigenvalue weighted by Gasteiger charge is 2.38. The number of rotatable bonds is 3. The van der Waals surface area contributed by atoms with Crippen molar-refractivity contribution in [1.82, 2.24) is 4.90 Å². The molecule has 3 nitrogen and oxygen atoms in total. The summed E-state index contributed by atoms with van der Waals surface area (Å²) in [6, 6.07) is 7.30. The molecule has 2 atom stereocenters. The van der Waals surface area contributed by atoms with Crippen LogP contribution in [-0.2, 0) is 0 Å². The van der Waals surface area contributed by atoms with Gasteiger partial charge >= 0.3 is 0 Å². The first-order valence-corrected chi connectivity index (χ1v) is 7.02. The molecule has 3 rings (SSSR count). The number of benzene rings is 1. The number of nitrogens with zero attached hydrogens (tertiary/aromatic N) is 1. The van der Waals surface area contributed by atoms with Gasteiger partial charge in [-0.05, 0) is 44.4 Å². The maximum atomic E-state index is 9.40. The van der Waals surface area contributed by atoms with E-state index >= 15 is 0 Å². The zero-order valence-corrected chi connectivity index (χ0v) is 11.3. The third-order valence-electron chi connectivity index (χ3n) is 3.96. The summed E-state index contributed by atoms with van der Waals surface area (Å²) in [6.07, 6.45) is 3.90. The average Bonchev–Trinajstić information content (AvgIpc) is 3.09. The van der Waals surface area contributed by atoms with E-state index in [9.17, 15) is 5.11 Å². The van der Waals surface area contributed by atoms with Gasteiger partial charge < -0.3 is 10.4 Å². The lowest BCUT2D eigenvalue weighted by atomic mass is 10.2. The molecule has 1 aliphatic heterocycles. The highest BCUT2D eigenvalue weighted by atomic mass is 35.5. The Balaban J connectivity index is 1.64. The lowest BCUT2D eigenvalue weighted by Crippen LogP contribution is -2.30. The van der Waals surface area contributed by atoms with Gasteiger partial charge in [0.15, 0.2) is 0 Å². The lowest BCUT2D eigenvalue weighted by molar-refractivity contribution is 0.257. The summed E-state index contributed by atoms with van der Waals surface area (Å²) in [5, 5.41) is 13.3. The second-order valence-electron chi connectivity index (χ2n) is 5.52. The van der Waals surface area contributed by atoms with Crippen LogP contribution >= 0.6 is 11.6 Å². The zero-order chi connectivity index (χ0) is 12.7. The molecule has 2 N–H and O–H groups in total. The number of anilines is 1. The summed E-state index contributed by atoms with van der Waals surface area (Å²) in [7, 11) is 0.